The molecular weight excluding hydrogens is 346 g/mol. The summed E-state index contributed by atoms with van der Waals surface area (Å²) in [5, 5.41) is 7.64. The van der Waals surface area contributed by atoms with Gasteiger partial charge in [0.05, 0.1) is 19.9 Å². The highest BCUT2D eigenvalue weighted by molar-refractivity contribution is 6.07. The fraction of sp³-hybridized carbons (Fsp3) is 0.250. The molecule has 0 aliphatic carbocycles. The maximum Gasteiger partial charge on any atom is 0.346 e. The highest BCUT2D eigenvalue weighted by Gasteiger charge is 2.49. The van der Waals surface area contributed by atoms with Crippen LogP contribution in [0, 0.1) is 0 Å². The number of nitrogens with one attached hydrogen (secondary N) is 1. The molecule has 0 spiro atoms. The van der Waals surface area contributed by atoms with E-state index in [-0.39, 0.29) is 0 Å². The van der Waals surface area contributed by atoms with Crippen molar-refractivity contribution in [2.75, 3.05) is 13.7 Å². The molecule has 2 aromatic rings. The predicted molar refractivity (Wildman–Crippen MR) is 101 cm³/mol. The first kappa shape index (κ1) is 18.4. The summed E-state index contributed by atoms with van der Waals surface area (Å²) in [7, 11) is 1.56. The number of rotatable bonds is 6. The van der Waals surface area contributed by atoms with Gasteiger partial charge in [0.25, 0.3) is 5.91 Å². The van der Waals surface area contributed by atoms with E-state index in [4.69, 9.17) is 9.47 Å². The van der Waals surface area contributed by atoms with Gasteiger partial charge in [0.1, 0.15) is 5.54 Å². The van der Waals surface area contributed by atoms with E-state index in [0.717, 1.165) is 5.01 Å². The number of hydrogen-bond donors (Lipinski definition) is 1. The summed E-state index contributed by atoms with van der Waals surface area (Å²) in [4.78, 5) is 25.1. The van der Waals surface area contributed by atoms with Crippen LogP contribution in [0.2, 0.25) is 0 Å². The topological polar surface area (TPSA) is 80.2 Å². The average Bonchev–Trinajstić information content (AvgIpc) is 2.91. The Kier molecular flexibility index (Phi) is 5.12. The van der Waals surface area contributed by atoms with E-state index in [1.807, 2.05) is 25.1 Å². The van der Waals surface area contributed by atoms with Gasteiger partial charge in [-0.05, 0) is 43.2 Å². The zero-order valence-electron chi connectivity index (χ0n) is 15.4. The van der Waals surface area contributed by atoms with Crippen LogP contribution in [0.4, 0.5) is 4.79 Å². The van der Waals surface area contributed by atoms with Gasteiger partial charge < -0.3 is 14.8 Å². The quantitative estimate of drug-likeness (QED) is 0.629. The lowest BCUT2D eigenvalue weighted by molar-refractivity contribution is -0.131. The van der Waals surface area contributed by atoms with Crippen molar-refractivity contribution in [1.82, 2.24) is 10.3 Å². The van der Waals surface area contributed by atoms with Crippen LogP contribution in [0.5, 0.6) is 11.5 Å². The maximum absolute atomic E-state index is 12.8. The maximum atomic E-state index is 12.8. The van der Waals surface area contributed by atoms with Crippen molar-refractivity contribution in [1.29, 1.82) is 0 Å². The lowest BCUT2D eigenvalue weighted by Gasteiger charge is -2.20. The minimum absolute atomic E-state index is 0.437. The summed E-state index contributed by atoms with van der Waals surface area (Å²) in [6, 6.07) is 13.8. The van der Waals surface area contributed by atoms with Crippen LogP contribution >= 0.6 is 0 Å². The summed E-state index contributed by atoms with van der Waals surface area (Å²) in [6.07, 6.45) is 1.44. The zero-order chi connectivity index (χ0) is 19.4. The second kappa shape index (κ2) is 7.49. The monoisotopic (exact) mass is 367 g/mol. The number of carbonyl (C=O) groups excluding carboxylic acids is 2. The van der Waals surface area contributed by atoms with Gasteiger partial charge >= 0.3 is 6.03 Å². The van der Waals surface area contributed by atoms with Gasteiger partial charge in [-0.2, -0.15) is 5.10 Å². The van der Waals surface area contributed by atoms with Gasteiger partial charge in [-0.15, -0.1) is 5.01 Å². The number of urea groups is 1. The molecule has 0 bridgehead atoms. The Balaban J connectivity index is 1.84. The van der Waals surface area contributed by atoms with E-state index in [1.165, 1.54) is 6.21 Å². The van der Waals surface area contributed by atoms with Crippen LogP contribution in [0.25, 0.3) is 0 Å². The Morgan fingerprint density at radius 2 is 1.89 bits per heavy atom. The number of amides is 3. The second-order valence-electron chi connectivity index (χ2n) is 6.13. The van der Waals surface area contributed by atoms with E-state index in [2.05, 4.69) is 10.4 Å². The van der Waals surface area contributed by atoms with E-state index < -0.39 is 17.5 Å². The normalized spacial score (nSPS) is 19.4. The number of hydrogen-bond acceptors (Lipinski definition) is 5. The van der Waals surface area contributed by atoms with E-state index in [9.17, 15) is 9.59 Å². The minimum Gasteiger partial charge on any atom is -0.493 e. The van der Waals surface area contributed by atoms with Gasteiger partial charge in [0, 0.05) is 0 Å². The molecule has 1 saturated heterocycles. The molecule has 140 valence electrons. The van der Waals surface area contributed by atoms with Gasteiger partial charge in [-0.3, -0.25) is 4.79 Å². The van der Waals surface area contributed by atoms with Gasteiger partial charge in [-0.1, -0.05) is 30.3 Å². The van der Waals surface area contributed by atoms with Crippen LogP contribution < -0.4 is 14.8 Å². The molecule has 1 aliphatic rings. The number of methoxy groups -OCH3 is 1. The third-order valence-corrected chi connectivity index (χ3v) is 4.33. The van der Waals surface area contributed by atoms with Crippen LogP contribution in [0.15, 0.2) is 53.6 Å². The first-order valence-electron chi connectivity index (χ1n) is 8.56. The van der Waals surface area contributed by atoms with Crippen molar-refractivity contribution < 1.29 is 19.1 Å². The number of carbonyl (C=O) groups is 2. The predicted octanol–water partition coefficient (Wildman–Crippen LogP) is 2.90. The van der Waals surface area contributed by atoms with Crippen LogP contribution in [0.3, 0.4) is 0 Å². The molecule has 1 heterocycles. The van der Waals surface area contributed by atoms with Crippen molar-refractivity contribution in [3.63, 3.8) is 0 Å². The SMILES string of the molecule is CCOc1cc(/C=N\N2C(=O)N[C@](C)(c3ccccc3)C2=O)ccc1OC. The molecule has 1 aliphatic heterocycles. The van der Waals surface area contributed by atoms with Gasteiger partial charge in [0.15, 0.2) is 11.5 Å². The van der Waals surface area contributed by atoms with E-state index in [1.54, 1.807) is 44.4 Å². The molecule has 27 heavy (non-hydrogen) atoms. The summed E-state index contributed by atoms with van der Waals surface area (Å²) >= 11 is 0. The van der Waals surface area contributed by atoms with Crippen molar-refractivity contribution in [3.05, 3.63) is 59.7 Å². The Morgan fingerprint density at radius 3 is 2.56 bits per heavy atom. The number of hydrazone groups is 1. The molecular formula is C20H21N3O4. The highest BCUT2D eigenvalue weighted by atomic mass is 16.5. The highest BCUT2D eigenvalue weighted by Crippen LogP contribution is 2.30. The summed E-state index contributed by atoms with van der Waals surface area (Å²) in [5.74, 6) is 0.726. The summed E-state index contributed by atoms with van der Waals surface area (Å²) in [5.41, 5.74) is 0.226. The lowest BCUT2D eigenvalue weighted by Crippen LogP contribution is -2.40. The van der Waals surface area contributed by atoms with E-state index in [0.29, 0.717) is 29.2 Å². The molecule has 1 fully saturated rings. The lowest BCUT2D eigenvalue weighted by atomic mass is 9.92. The third kappa shape index (κ3) is 3.48. The van der Waals surface area contributed by atoms with Crippen molar-refractivity contribution in [2.24, 2.45) is 5.10 Å². The molecule has 0 radical (unpaired) electrons. The first-order chi connectivity index (χ1) is 13.0. The molecule has 3 amide bonds. The Bertz CT molecular complexity index is 882. The molecule has 3 rings (SSSR count). The van der Waals surface area contributed by atoms with Crippen molar-refractivity contribution in [2.45, 2.75) is 19.4 Å². The molecule has 1 atom stereocenters. The molecule has 0 aromatic heterocycles. The van der Waals surface area contributed by atoms with Crippen LogP contribution in [0.1, 0.15) is 25.0 Å². The second-order valence-corrected chi connectivity index (χ2v) is 6.13. The van der Waals surface area contributed by atoms with E-state index >= 15 is 0 Å². The number of ether oxygens (including phenoxy) is 2. The Morgan fingerprint density at radius 1 is 1.15 bits per heavy atom. The molecule has 7 heteroatoms. The Hall–Kier alpha value is -3.35. The summed E-state index contributed by atoms with van der Waals surface area (Å²) < 4.78 is 10.8. The summed E-state index contributed by atoms with van der Waals surface area (Å²) in [6.45, 7) is 4.02. The fourth-order valence-corrected chi connectivity index (χ4v) is 2.86. The van der Waals surface area contributed by atoms with Gasteiger partial charge in [0.2, 0.25) is 0 Å². The van der Waals surface area contributed by atoms with Crippen LogP contribution in [-0.4, -0.2) is 36.9 Å². The largest absolute Gasteiger partial charge is 0.493 e. The smallest absolute Gasteiger partial charge is 0.346 e. The molecule has 0 saturated carbocycles. The molecule has 7 nitrogen and oxygen atoms in total. The molecule has 2 aromatic carbocycles. The molecule has 0 unspecified atom stereocenters. The Labute approximate surface area is 157 Å². The zero-order valence-corrected chi connectivity index (χ0v) is 15.4. The number of benzene rings is 2. The standard InChI is InChI=1S/C20H21N3O4/c1-4-27-17-12-14(10-11-16(17)26-3)13-21-23-18(24)20(2,22-19(23)25)15-8-6-5-7-9-15/h5-13H,4H2,1-3H3,(H,22,25)/b21-13-/t20-/m1/s1. The number of nitrogens with zero attached hydrogens (tertiary/aromatic N) is 2. The minimum atomic E-state index is -1.15. The van der Waals surface area contributed by atoms with Crippen molar-refractivity contribution >= 4 is 18.2 Å². The third-order valence-electron chi connectivity index (χ3n) is 4.33. The molecule has 1 N–H and O–H groups in total. The average molecular weight is 367 g/mol. The number of imide groups is 1. The van der Waals surface area contributed by atoms with Gasteiger partial charge in [-0.25, -0.2) is 4.79 Å². The van der Waals surface area contributed by atoms with Crippen molar-refractivity contribution in [3.8, 4) is 11.5 Å². The fourth-order valence-electron chi connectivity index (χ4n) is 2.86. The first-order valence-corrected chi connectivity index (χ1v) is 8.56. The van der Waals surface area contributed by atoms with Crippen LogP contribution in [-0.2, 0) is 10.3 Å².